The van der Waals surface area contributed by atoms with Crippen molar-refractivity contribution in [3.8, 4) is 0 Å². The maximum Gasteiger partial charge on any atom is 0.394 e. The molecule has 0 saturated heterocycles. The van der Waals surface area contributed by atoms with Gasteiger partial charge in [-0.15, -0.1) is 6.58 Å². The zero-order valence-electron chi connectivity index (χ0n) is 12.7. The van der Waals surface area contributed by atoms with Crippen LogP contribution in [0, 0.1) is 0 Å². The fourth-order valence-electron chi connectivity index (χ4n) is 1.08. The Hall–Kier alpha value is -1.30. The molecule has 0 rings (SSSR count). The topological polar surface area (TPSA) is 64.6 Å². The Kier molecular flexibility index (Phi) is 6.28. The Bertz CT molecular complexity index is 347. The van der Waals surface area contributed by atoms with Gasteiger partial charge in [0.05, 0.1) is 7.11 Å². The first-order valence-corrected chi connectivity index (χ1v) is 9.14. The molecule has 0 aliphatic heterocycles. The molecule has 0 radical (unpaired) electrons. The molecule has 0 fully saturated rings. The monoisotopic (exact) mass is 287 g/mol. The number of ether oxygens (including phenoxy) is 1. The Balaban J connectivity index is 4.67. The molecule has 0 aromatic carbocycles. The predicted molar refractivity (Wildman–Crippen MR) is 77.4 cm³/mol. The molecular formula is C13H25NO4Si. The lowest BCUT2D eigenvalue weighted by molar-refractivity contribution is -0.142. The summed E-state index contributed by atoms with van der Waals surface area (Å²) in [5.74, 6) is -0.507. The normalized spacial score (nSPS) is 13.4. The summed E-state index contributed by atoms with van der Waals surface area (Å²) in [6, 6.07) is -0.750. The van der Waals surface area contributed by atoms with Crippen molar-refractivity contribution in [2.24, 2.45) is 0 Å². The third kappa shape index (κ3) is 5.46. The van der Waals surface area contributed by atoms with Crippen LogP contribution in [0.1, 0.15) is 27.2 Å². The first-order valence-electron chi connectivity index (χ1n) is 6.23. The van der Waals surface area contributed by atoms with E-state index in [0.717, 1.165) is 0 Å². The highest BCUT2D eigenvalue weighted by atomic mass is 28.4. The standard InChI is InChI=1S/C13H25NO4Si/c1-8-9-10(11(15)17-5)14-12(16)18-19(6,7)13(2,3)4/h8,10H,1,9H2,2-7H3,(H,14,16). The first kappa shape index (κ1) is 17.7. The van der Waals surface area contributed by atoms with E-state index in [1.807, 2.05) is 33.9 Å². The highest BCUT2D eigenvalue weighted by Crippen LogP contribution is 2.36. The van der Waals surface area contributed by atoms with Crippen molar-refractivity contribution in [3.05, 3.63) is 12.7 Å². The van der Waals surface area contributed by atoms with Crippen LogP contribution in [0.3, 0.4) is 0 Å². The summed E-state index contributed by atoms with van der Waals surface area (Å²) in [5, 5.41) is 2.44. The van der Waals surface area contributed by atoms with E-state index >= 15 is 0 Å². The van der Waals surface area contributed by atoms with Crippen LogP contribution in [0.4, 0.5) is 4.79 Å². The quantitative estimate of drug-likeness (QED) is 0.480. The molecule has 1 unspecified atom stereocenters. The van der Waals surface area contributed by atoms with Crippen LogP contribution in [0.5, 0.6) is 0 Å². The molecule has 0 aromatic heterocycles. The van der Waals surface area contributed by atoms with Crippen molar-refractivity contribution >= 4 is 20.4 Å². The first-order chi connectivity index (χ1) is 8.55. The molecule has 6 heteroatoms. The Morgan fingerprint density at radius 1 is 1.37 bits per heavy atom. The fraction of sp³-hybridized carbons (Fsp3) is 0.692. The smallest absolute Gasteiger partial charge is 0.394 e. The molecule has 0 heterocycles. The van der Waals surface area contributed by atoms with E-state index in [0.29, 0.717) is 6.42 Å². The summed E-state index contributed by atoms with van der Waals surface area (Å²) in [6.07, 6.45) is 1.27. The zero-order chi connectivity index (χ0) is 15.3. The van der Waals surface area contributed by atoms with Gasteiger partial charge in [-0.3, -0.25) is 0 Å². The molecule has 0 aliphatic carbocycles. The van der Waals surface area contributed by atoms with Crippen molar-refractivity contribution in [2.75, 3.05) is 7.11 Å². The lowest BCUT2D eigenvalue weighted by Gasteiger charge is -2.35. The number of amides is 1. The Morgan fingerprint density at radius 2 is 1.89 bits per heavy atom. The van der Waals surface area contributed by atoms with Crippen molar-refractivity contribution in [3.63, 3.8) is 0 Å². The average Bonchev–Trinajstić information content (AvgIpc) is 2.25. The van der Waals surface area contributed by atoms with E-state index in [1.54, 1.807) is 6.08 Å². The minimum atomic E-state index is -2.19. The van der Waals surface area contributed by atoms with Gasteiger partial charge < -0.3 is 14.5 Å². The molecule has 5 nitrogen and oxygen atoms in total. The molecule has 0 spiro atoms. The molecule has 0 bridgehead atoms. The second kappa shape index (κ2) is 6.74. The minimum absolute atomic E-state index is 0.0798. The minimum Gasteiger partial charge on any atom is -0.504 e. The van der Waals surface area contributed by atoms with E-state index in [1.165, 1.54) is 7.11 Å². The summed E-state index contributed by atoms with van der Waals surface area (Å²) in [7, 11) is -0.916. The number of hydrogen-bond acceptors (Lipinski definition) is 4. The van der Waals surface area contributed by atoms with Gasteiger partial charge in [-0.05, 0) is 24.6 Å². The summed E-state index contributed by atoms with van der Waals surface area (Å²) in [4.78, 5) is 23.3. The zero-order valence-corrected chi connectivity index (χ0v) is 13.7. The van der Waals surface area contributed by atoms with Gasteiger partial charge in [0, 0.05) is 0 Å². The highest BCUT2D eigenvalue weighted by molar-refractivity contribution is 6.75. The van der Waals surface area contributed by atoms with Gasteiger partial charge in [0.1, 0.15) is 6.04 Å². The van der Waals surface area contributed by atoms with Gasteiger partial charge in [-0.25, -0.2) is 9.59 Å². The van der Waals surface area contributed by atoms with Crippen LogP contribution in [0.2, 0.25) is 18.1 Å². The lowest BCUT2D eigenvalue weighted by atomic mass is 10.2. The maximum atomic E-state index is 11.9. The SMILES string of the molecule is C=CCC(NC(=O)O[Si](C)(C)C(C)(C)C)C(=O)OC. The number of carbonyl (C=O) groups excluding carboxylic acids is 2. The molecule has 110 valence electrons. The van der Waals surface area contributed by atoms with E-state index in [-0.39, 0.29) is 5.04 Å². The van der Waals surface area contributed by atoms with Crippen LogP contribution in [0.15, 0.2) is 12.7 Å². The number of rotatable bonds is 5. The summed E-state index contributed by atoms with van der Waals surface area (Å²) in [6.45, 7) is 13.6. The van der Waals surface area contributed by atoms with Gasteiger partial charge in [0.25, 0.3) is 8.32 Å². The van der Waals surface area contributed by atoms with Crippen molar-refractivity contribution in [1.82, 2.24) is 5.32 Å². The average molecular weight is 287 g/mol. The molecule has 1 amide bonds. The van der Waals surface area contributed by atoms with Gasteiger partial charge in [0.15, 0.2) is 0 Å². The number of carbonyl (C=O) groups is 2. The van der Waals surface area contributed by atoms with E-state index in [9.17, 15) is 9.59 Å². The van der Waals surface area contributed by atoms with Crippen molar-refractivity contribution in [1.29, 1.82) is 0 Å². The fourth-order valence-corrected chi connectivity index (χ4v) is 1.91. The molecule has 0 aromatic rings. The number of esters is 1. The van der Waals surface area contributed by atoms with Crippen LogP contribution < -0.4 is 5.32 Å². The third-order valence-corrected chi connectivity index (χ3v) is 7.64. The van der Waals surface area contributed by atoms with Gasteiger partial charge >= 0.3 is 12.1 Å². The number of nitrogens with one attached hydrogen (secondary N) is 1. The lowest BCUT2D eigenvalue weighted by Crippen LogP contribution is -2.49. The van der Waals surface area contributed by atoms with Crippen LogP contribution in [-0.2, 0) is 14.0 Å². The second-order valence-corrected chi connectivity index (χ2v) is 10.6. The van der Waals surface area contributed by atoms with E-state index < -0.39 is 26.4 Å². The summed E-state index contributed by atoms with van der Waals surface area (Å²) in [5.41, 5.74) is 0. The highest BCUT2D eigenvalue weighted by Gasteiger charge is 2.41. The maximum absolute atomic E-state index is 11.9. The second-order valence-electron chi connectivity index (χ2n) is 5.89. The molecule has 19 heavy (non-hydrogen) atoms. The van der Waals surface area contributed by atoms with Crippen LogP contribution in [-0.4, -0.2) is 33.5 Å². The number of methoxy groups -OCH3 is 1. The summed E-state index contributed by atoms with van der Waals surface area (Å²) >= 11 is 0. The number of hydrogen-bond donors (Lipinski definition) is 1. The molecule has 0 aliphatic rings. The largest absolute Gasteiger partial charge is 0.504 e. The van der Waals surface area contributed by atoms with Crippen molar-refractivity contribution in [2.45, 2.75) is 51.4 Å². The van der Waals surface area contributed by atoms with Gasteiger partial charge in [-0.2, -0.15) is 0 Å². The van der Waals surface area contributed by atoms with Gasteiger partial charge in [-0.1, -0.05) is 26.8 Å². The van der Waals surface area contributed by atoms with Gasteiger partial charge in [0.2, 0.25) is 0 Å². The predicted octanol–water partition coefficient (Wildman–Crippen LogP) is 2.84. The van der Waals surface area contributed by atoms with Crippen LogP contribution >= 0.6 is 0 Å². The molecule has 1 N–H and O–H groups in total. The molecule has 0 saturated carbocycles. The molecular weight excluding hydrogens is 262 g/mol. The Labute approximate surface area is 116 Å². The third-order valence-electron chi connectivity index (χ3n) is 3.33. The van der Waals surface area contributed by atoms with E-state index in [4.69, 9.17) is 4.43 Å². The summed E-state index contributed by atoms with van der Waals surface area (Å²) < 4.78 is 10.1. The van der Waals surface area contributed by atoms with Crippen molar-refractivity contribution < 1.29 is 18.8 Å². The van der Waals surface area contributed by atoms with Crippen LogP contribution in [0.25, 0.3) is 0 Å². The Morgan fingerprint density at radius 3 is 2.26 bits per heavy atom. The van der Waals surface area contributed by atoms with E-state index in [2.05, 4.69) is 16.6 Å². The molecule has 1 atom stereocenters.